The van der Waals surface area contributed by atoms with E-state index in [0.717, 1.165) is 11.5 Å². The van der Waals surface area contributed by atoms with E-state index < -0.39 is 0 Å². The second-order valence-corrected chi connectivity index (χ2v) is 6.01. The first-order valence-electron chi connectivity index (χ1n) is 7.30. The van der Waals surface area contributed by atoms with E-state index in [1.54, 1.807) is 14.2 Å². The SMILES string of the molecule is COc1cc2c(cc1OC)C1(CCCC1)C[NH2+]C2C. The van der Waals surface area contributed by atoms with Gasteiger partial charge in [0.15, 0.2) is 11.5 Å². The van der Waals surface area contributed by atoms with Gasteiger partial charge in [-0.1, -0.05) is 12.8 Å². The highest BCUT2D eigenvalue weighted by Gasteiger charge is 2.44. The molecule has 1 aromatic rings. The number of ether oxygens (including phenoxy) is 2. The van der Waals surface area contributed by atoms with Gasteiger partial charge in [0, 0.05) is 11.0 Å². The van der Waals surface area contributed by atoms with Crippen LogP contribution in [0.4, 0.5) is 0 Å². The molecule has 3 heteroatoms. The highest BCUT2D eigenvalue weighted by molar-refractivity contribution is 5.51. The van der Waals surface area contributed by atoms with Crippen LogP contribution in [0.15, 0.2) is 12.1 Å². The third-order valence-electron chi connectivity index (χ3n) is 5.04. The third kappa shape index (κ3) is 1.91. The van der Waals surface area contributed by atoms with E-state index in [0.29, 0.717) is 11.5 Å². The second kappa shape index (κ2) is 4.71. The predicted octanol–water partition coefficient (Wildman–Crippen LogP) is 2.15. The summed E-state index contributed by atoms with van der Waals surface area (Å²) in [5.74, 6) is 1.73. The highest BCUT2D eigenvalue weighted by Crippen LogP contribution is 2.47. The molecule has 0 aromatic heterocycles. The Morgan fingerprint density at radius 3 is 2.37 bits per heavy atom. The summed E-state index contributed by atoms with van der Waals surface area (Å²) in [6.45, 7) is 3.50. The van der Waals surface area contributed by atoms with Gasteiger partial charge in [0.05, 0.1) is 20.8 Å². The Kier molecular flexibility index (Phi) is 3.17. The van der Waals surface area contributed by atoms with E-state index in [2.05, 4.69) is 24.4 Å². The van der Waals surface area contributed by atoms with Crippen LogP contribution in [0.2, 0.25) is 0 Å². The van der Waals surface area contributed by atoms with Crippen LogP contribution in [-0.4, -0.2) is 20.8 Å². The third-order valence-corrected chi connectivity index (χ3v) is 5.04. The van der Waals surface area contributed by atoms with Crippen LogP contribution in [-0.2, 0) is 5.41 Å². The van der Waals surface area contributed by atoms with Crippen LogP contribution in [0.3, 0.4) is 0 Å². The Morgan fingerprint density at radius 1 is 1.11 bits per heavy atom. The van der Waals surface area contributed by atoms with Crippen LogP contribution < -0.4 is 14.8 Å². The molecule has 0 saturated heterocycles. The number of quaternary nitrogens is 1. The molecule has 1 aliphatic heterocycles. The van der Waals surface area contributed by atoms with E-state index >= 15 is 0 Å². The molecule has 104 valence electrons. The summed E-state index contributed by atoms with van der Waals surface area (Å²) in [5.41, 5.74) is 3.32. The second-order valence-electron chi connectivity index (χ2n) is 6.01. The Balaban J connectivity index is 2.15. The maximum atomic E-state index is 5.51. The van der Waals surface area contributed by atoms with Crippen molar-refractivity contribution in [3.63, 3.8) is 0 Å². The largest absolute Gasteiger partial charge is 0.493 e. The minimum absolute atomic E-state index is 0.376. The summed E-state index contributed by atoms with van der Waals surface area (Å²) in [6, 6.07) is 4.94. The first-order valence-corrected chi connectivity index (χ1v) is 7.30. The number of nitrogens with two attached hydrogens (primary N) is 1. The van der Waals surface area contributed by atoms with E-state index in [1.807, 2.05) is 0 Å². The van der Waals surface area contributed by atoms with E-state index in [1.165, 1.54) is 43.4 Å². The molecule has 0 radical (unpaired) electrons. The Hall–Kier alpha value is -1.22. The van der Waals surface area contributed by atoms with Crippen LogP contribution in [0.1, 0.15) is 49.8 Å². The van der Waals surface area contributed by atoms with Crippen LogP contribution >= 0.6 is 0 Å². The summed E-state index contributed by atoms with van der Waals surface area (Å²) < 4.78 is 11.0. The summed E-state index contributed by atoms with van der Waals surface area (Å²) in [5, 5.41) is 2.49. The molecule has 1 spiro atoms. The lowest BCUT2D eigenvalue weighted by Crippen LogP contribution is -2.89. The molecule has 1 heterocycles. The van der Waals surface area contributed by atoms with Crippen molar-refractivity contribution in [1.82, 2.24) is 0 Å². The van der Waals surface area contributed by atoms with Crippen molar-refractivity contribution < 1.29 is 14.8 Å². The van der Waals surface area contributed by atoms with Gasteiger partial charge in [-0.15, -0.1) is 0 Å². The van der Waals surface area contributed by atoms with Crippen molar-refractivity contribution in [2.45, 2.75) is 44.1 Å². The van der Waals surface area contributed by atoms with Gasteiger partial charge < -0.3 is 14.8 Å². The van der Waals surface area contributed by atoms with Crippen LogP contribution in [0.5, 0.6) is 11.5 Å². The van der Waals surface area contributed by atoms with E-state index in [-0.39, 0.29) is 0 Å². The number of rotatable bonds is 2. The summed E-state index contributed by atoms with van der Waals surface area (Å²) >= 11 is 0. The smallest absolute Gasteiger partial charge is 0.161 e. The molecule has 19 heavy (non-hydrogen) atoms. The average Bonchev–Trinajstić information content (AvgIpc) is 2.91. The molecule has 1 saturated carbocycles. The highest BCUT2D eigenvalue weighted by atomic mass is 16.5. The molecular formula is C16H24NO2+. The normalized spacial score (nSPS) is 24.3. The zero-order valence-electron chi connectivity index (χ0n) is 12.2. The van der Waals surface area contributed by atoms with Crippen molar-refractivity contribution in [2.75, 3.05) is 20.8 Å². The minimum atomic E-state index is 0.376. The Morgan fingerprint density at radius 2 is 1.74 bits per heavy atom. The lowest BCUT2D eigenvalue weighted by molar-refractivity contribution is -0.703. The lowest BCUT2D eigenvalue weighted by Gasteiger charge is -2.37. The fourth-order valence-electron chi connectivity index (χ4n) is 3.90. The van der Waals surface area contributed by atoms with Crippen molar-refractivity contribution in [3.05, 3.63) is 23.3 Å². The number of fused-ring (bicyclic) bond motifs is 2. The van der Waals surface area contributed by atoms with Crippen LogP contribution in [0.25, 0.3) is 0 Å². The van der Waals surface area contributed by atoms with Gasteiger partial charge in [0.2, 0.25) is 0 Å². The molecule has 2 N–H and O–H groups in total. The molecule has 0 amide bonds. The average molecular weight is 262 g/mol. The van der Waals surface area contributed by atoms with Crippen LogP contribution in [0, 0.1) is 0 Å². The van der Waals surface area contributed by atoms with Gasteiger partial charge in [-0.05, 0) is 37.5 Å². The van der Waals surface area contributed by atoms with Crippen molar-refractivity contribution in [2.24, 2.45) is 0 Å². The van der Waals surface area contributed by atoms with Gasteiger partial charge in [0.1, 0.15) is 6.04 Å². The predicted molar refractivity (Wildman–Crippen MR) is 74.9 cm³/mol. The molecule has 1 unspecified atom stereocenters. The summed E-state index contributed by atoms with van der Waals surface area (Å²) in [4.78, 5) is 0. The quantitative estimate of drug-likeness (QED) is 0.886. The van der Waals surface area contributed by atoms with Crippen molar-refractivity contribution in [3.8, 4) is 11.5 Å². The first-order chi connectivity index (χ1) is 9.20. The molecule has 1 aliphatic carbocycles. The molecule has 1 atom stereocenters. The Bertz CT molecular complexity index is 478. The zero-order chi connectivity index (χ0) is 13.5. The molecule has 2 aliphatic rings. The lowest BCUT2D eigenvalue weighted by atomic mass is 9.72. The molecule has 0 bridgehead atoms. The maximum Gasteiger partial charge on any atom is 0.161 e. The number of benzene rings is 1. The number of hydrogen-bond donors (Lipinski definition) is 1. The van der Waals surface area contributed by atoms with Gasteiger partial charge in [-0.3, -0.25) is 0 Å². The van der Waals surface area contributed by atoms with Crippen molar-refractivity contribution in [1.29, 1.82) is 0 Å². The molecule has 3 nitrogen and oxygen atoms in total. The van der Waals surface area contributed by atoms with Gasteiger partial charge in [-0.2, -0.15) is 0 Å². The molecule has 1 aromatic carbocycles. The number of methoxy groups -OCH3 is 2. The topological polar surface area (TPSA) is 35.1 Å². The zero-order valence-corrected chi connectivity index (χ0v) is 12.2. The molecule has 1 fully saturated rings. The van der Waals surface area contributed by atoms with Gasteiger partial charge >= 0.3 is 0 Å². The van der Waals surface area contributed by atoms with E-state index in [9.17, 15) is 0 Å². The monoisotopic (exact) mass is 262 g/mol. The fraction of sp³-hybridized carbons (Fsp3) is 0.625. The summed E-state index contributed by atoms with van der Waals surface area (Å²) in [7, 11) is 3.44. The number of hydrogen-bond acceptors (Lipinski definition) is 2. The maximum absolute atomic E-state index is 5.51. The van der Waals surface area contributed by atoms with Gasteiger partial charge in [0.25, 0.3) is 0 Å². The standard InChI is InChI=1S/C16H23NO2/c1-11-12-8-14(18-2)15(19-3)9-13(12)16(10-17-11)6-4-5-7-16/h8-9,11,17H,4-7,10H2,1-3H3/p+1. The van der Waals surface area contributed by atoms with E-state index in [4.69, 9.17) is 9.47 Å². The summed E-state index contributed by atoms with van der Waals surface area (Å²) in [6.07, 6.45) is 5.35. The Labute approximate surface area is 115 Å². The molecular weight excluding hydrogens is 238 g/mol. The fourth-order valence-corrected chi connectivity index (χ4v) is 3.90. The molecule has 3 rings (SSSR count). The van der Waals surface area contributed by atoms with Crippen molar-refractivity contribution >= 4 is 0 Å². The van der Waals surface area contributed by atoms with Gasteiger partial charge in [-0.25, -0.2) is 0 Å². The minimum Gasteiger partial charge on any atom is -0.493 e. The first kappa shape index (κ1) is 12.8.